The number of nitrogens with one attached hydrogen (secondary N) is 1. The minimum Gasteiger partial charge on any atom is -0.352 e. The fourth-order valence-corrected chi connectivity index (χ4v) is 4.14. The van der Waals surface area contributed by atoms with Crippen LogP contribution in [0, 0.1) is 6.92 Å². The number of piperazine rings is 1. The Hall–Kier alpha value is -2.71. The van der Waals surface area contributed by atoms with Gasteiger partial charge in [0.05, 0.1) is 4.90 Å². The van der Waals surface area contributed by atoms with Crippen molar-refractivity contribution in [1.82, 2.24) is 14.5 Å². The van der Waals surface area contributed by atoms with Crippen LogP contribution in [0.3, 0.4) is 0 Å². The number of hydrogen-bond donors (Lipinski definition) is 1. The van der Waals surface area contributed by atoms with Gasteiger partial charge in [-0.15, -0.1) is 0 Å². The summed E-state index contributed by atoms with van der Waals surface area (Å²) in [5.74, 6) is -0.530. The van der Waals surface area contributed by atoms with Gasteiger partial charge < -0.3 is 10.2 Å². The average molecular weight is 401 g/mol. The molecule has 8 heteroatoms. The maximum absolute atomic E-state index is 13.1. The smallest absolute Gasteiger partial charge is 0.254 e. The molecule has 2 aromatic rings. The first-order valence-electron chi connectivity index (χ1n) is 8.90. The molecule has 28 heavy (non-hydrogen) atoms. The Labute approximate surface area is 165 Å². The molecule has 7 nitrogen and oxygen atoms in total. The van der Waals surface area contributed by atoms with Crippen LogP contribution in [-0.4, -0.2) is 56.6 Å². The molecule has 0 spiro atoms. The molecule has 1 saturated heterocycles. The molecule has 1 unspecified atom stereocenters. The SMILES string of the molecule is Cc1ccccc1C1C(=O)NCCN1C(=O)c1ccc(S(=O)(=O)N(C)C)cc1. The van der Waals surface area contributed by atoms with E-state index in [4.69, 9.17) is 0 Å². The van der Waals surface area contributed by atoms with Crippen molar-refractivity contribution >= 4 is 21.8 Å². The van der Waals surface area contributed by atoms with E-state index in [0.29, 0.717) is 18.7 Å². The highest BCUT2D eigenvalue weighted by atomic mass is 32.2. The second-order valence-electron chi connectivity index (χ2n) is 6.86. The van der Waals surface area contributed by atoms with E-state index in [0.717, 1.165) is 15.4 Å². The Bertz CT molecular complexity index is 1000. The molecule has 2 amide bonds. The first kappa shape index (κ1) is 20.0. The predicted molar refractivity (Wildman–Crippen MR) is 105 cm³/mol. The molecule has 0 radical (unpaired) electrons. The van der Waals surface area contributed by atoms with Crippen molar-refractivity contribution in [1.29, 1.82) is 0 Å². The van der Waals surface area contributed by atoms with Crippen LogP contribution >= 0.6 is 0 Å². The van der Waals surface area contributed by atoms with E-state index in [1.807, 2.05) is 31.2 Å². The maximum atomic E-state index is 13.1. The summed E-state index contributed by atoms with van der Waals surface area (Å²) >= 11 is 0. The highest BCUT2D eigenvalue weighted by Crippen LogP contribution is 2.28. The summed E-state index contributed by atoms with van der Waals surface area (Å²) in [6.07, 6.45) is 0. The summed E-state index contributed by atoms with van der Waals surface area (Å²) in [4.78, 5) is 27.3. The van der Waals surface area contributed by atoms with E-state index in [2.05, 4.69) is 5.32 Å². The summed E-state index contributed by atoms with van der Waals surface area (Å²) in [6.45, 7) is 2.65. The summed E-state index contributed by atoms with van der Waals surface area (Å²) < 4.78 is 25.5. The first-order chi connectivity index (χ1) is 13.2. The highest BCUT2D eigenvalue weighted by molar-refractivity contribution is 7.89. The number of carbonyl (C=O) groups is 2. The second kappa shape index (κ2) is 7.73. The van der Waals surface area contributed by atoms with Crippen LogP contribution in [0.2, 0.25) is 0 Å². The number of amides is 2. The topological polar surface area (TPSA) is 86.8 Å². The number of benzene rings is 2. The molecule has 2 aromatic carbocycles. The fraction of sp³-hybridized carbons (Fsp3) is 0.300. The molecule has 0 saturated carbocycles. The van der Waals surface area contributed by atoms with Crippen molar-refractivity contribution in [3.63, 3.8) is 0 Å². The van der Waals surface area contributed by atoms with Gasteiger partial charge in [-0.25, -0.2) is 12.7 Å². The van der Waals surface area contributed by atoms with E-state index in [9.17, 15) is 18.0 Å². The molecule has 1 N–H and O–H groups in total. The molecule has 1 atom stereocenters. The third kappa shape index (κ3) is 3.65. The maximum Gasteiger partial charge on any atom is 0.254 e. The van der Waals surface area contributed by atoms with Crippen LogP contribution in [0.4, 0.5) is 0 Å². The summed E-state index contributed by atoms with van der Waals surface area (Å²) in [6, 6.07) is 12.6. The van der Waals surface area contributed by atoms with Crippen molar-refractivity contribution in [2.75, 3.05) is 27.2 Å². The molecule has 3 rings (SSSR count). The summed E-state index contributed by atoms with van der Waals surface area (Å²) in [7, 11) is -0.664. The molecular weight excluding hydrogens is 378 g/mol. The minimum absolute atomic E-state index is 0.112. The number of carbonyl (C=O) groups excluding carboxylic acids is 2. The van der Waals surface area contributed by atoms with Gasteiger partial charge in [-0.1, -0.05) is 24.3 Å². The number of aryl methyl sites for hydroxylation is 1. The molecular formula is C20H23N3O4S. The Balaban J connectivity index is 1.94. The fourth-order valence-electron chi connectivity index (χ4n) is 3.23. The van der Waals surface area contributed by atoms with Crippen molar-refractivity contribution in [2.24, 2.45) is 0 Å². The lowest BCUT2D eigenvalue weighted by atomic mass is 9.97. The normalized spacial score (nSPS) is 17.5. The molecule has 148 valence electrons. The third-order valence-corrected chi connectivity index (χ3v) is 6.67. The number of sulfonamides is 1. The zero-order valence-electron chi connectivity index (χ0n) is 16.0. The van der Waals surface area contributed by atoms with Gasteiger partial charge in [0, 0.05) is 32.7 Å². The van der Waals surface area contributed by atoms with Crippen molar-refractivity contribution in [2.45, 2.75) is 17.9 Å². The van der Waals surface area contributed by atoms with Gasteiger partial charge in [0.1, 0.15) is 6.04 Å². The quantitative estimate of drug-likeness (QED) is 0.842. The monoisotopic (exact) mass is 401 g/mol. The Morgan fingerprint density at radius 3 is 2.36 bits per heavy atom. The molecule has 0 bridgehead atoms. The zero-order chi connectivity index (χ0) is 20.5. The number of hydrogen-bond acceptors (Lipinski definition) is 4. The standard InChI is InChI=1S/C20H23N3O4S/c1-14-6-4-5-7-17(14)18-19(24)21-12-13-23(18)20(25)15-8-10-16(11-9-15)28(26,27)22(2)3/h4-11,18H,12-13H2,1-3H3,(H,21,24). The average Bonchev–Trinajstić information content (AvgIpc) is 2.68. The van der Waals surface area contributed by atoms with Gasteiger partial charge in [-0.2, -0.15) is 0 Å². The van der Waals surface area contributed by atoms with Crippen molar-refractivity contribution in [3.8, 4) is 0 Å². The van der Waals surface area contributed by atoms with E-state index < -0.39 is 16.1 Å². The molecule has 1 aliphatic heterocycles. The van der Waals surface area contributed by atoms with Gasteiger partial charge in [0.2, 0.25) is 15.9 Å². The predicted octanol–water partition coefficient (Wildman–Crippen LogP) is 1.56. The van der Waals surface area contributed by atoms with E-state index >= 15 is 0 Å². The molecule has 1 fully saturated rings. The lowest BCUT2D eigenvalue weighted by molar-refractivity contribution is -0.128. The van der Waals surface area contributed by atoms with Gasteiger partial charge in [0.15, 0.2) is 0 Å². The number of nitrogens with zero attached hydrogens (tertiary/aromatic N) is 2. The highest BCUT2D eigenvalue weighted by Gasteiger charge is 2.35. The number of rotatable bonds is 4. The largest absolute Gasteiger partial charge is 0.352 e. The van der Waals surface area contributed by atoms with Crippen LogP contribution in [0.1, 0.15) is 27.5 Å². The van der Waals surface area contributed by atoms with E-state index in [-0.39, 0.29) is 16.7 Å². The molecule has 1 heterocycles. The lowest BCUT2D eigenvalue weighted by Gasteiger charge is -2.36. The first-order valence-corrected chi connectivity index (χ1v) is 10.3. The van der Waals surface area contributed by atoms with Crippen LogP contribution in [0.5, 0.6) is 0 Å². The second-order valence-corrected chi connectivity index (χ2v) is 9.01. The van der Waals surface area contributed by atoms with Crippen LogP contribution in [0.15, 0.2) is 53.4 Å². The third-order valence-electron chi connectivity index (χ3n) is 4.84. The molecule has 0 aliphatic carbocycles. The Morgan fingerprint density at radius 1 is 1.11 bits per heavy atom. The van der Waals surface area contributed by atoms with Crippen LogP contribution in [0.25, 0.3) is 0 Å². The van der Waals surface area contributed by atoms with Gasteiger partial charge in [-0.3, -0.25) is 9.59 Å². The summed E-state index contributed by atoms with van der Waals surface area (Å²) in [5, 5.41) is 2.82. The zero-order valence-corrected chi connectivity index (χ0v) is 16.9. The van der Waals surface area contributed by atoms with Crippen molar-refractivity contribution < 1.29 is 18.0 Å². The van der Waals surface area contributed by atoms with Crippen LogP contribution < -0.4 is 5.32 Å². The van der Waals surface area contributed by atoms with E-state index in [1.54, 1.807) is 0 Å². The van der Waals surface area contributed by atoms with Gasteiger partial charge in [-0.05, 0) is 42.3 Å². The molecule has 0 aromatic heterocycles. The van der Waals surface area contributed by atoms with Crippen molar-refractivity contribution in [3.05, 3.63) is 65.2 Å². The Morgan fingerprint density at radius 2 is 1.75 bits per heavy atom. The summed E-state index contributed by atoms with van der Waals surface area (Å²) in [5.41, 5.74) is 2.04. The van der Waals surface area contributed by atoms with Gasteiger partial charge >= 0.3 is 0 Å². The van der Waals surface area contributed by atoms with Crippen LogP contribution in [-0.2, 0) is 14.8 Å². The lowest BCUT2D eigenvalue weighted by Crippen LogP contribution is -2.52. The van der Waals surface area contributed by atoms with Gasteiger partial charge in [0.25, 0.3) is 5.91 Å². The molecule has 1 aliphatic rings. The van der Waals surface area contributed by atoms with E-state index in [1.165, 1.54) is 43.3 Å². The Kier molecular flexibility index (Phi) is 5.53. The minimum atomic E-state index is -3.57.